The average molecular weight is 334 g/mol. The number of rotatable bonds is 5. The number of nitrogens with one attached hydrogen (secondary N) is 1. The smallest absolute Gasteiger partial charge is 0.273 e. The molecule has 0 atom stereocenters. The molecule has 1 amide bonds. The first-order valence-corrected chi connectivity index (χ1v) is 7.39. The molecule has 2 aromatic carbocycles. The topological polar surface area (TPSA) is 41.5 Å². The number of hydrogen-bond acceptors (Lipinski definition) is 2. The Labute approximate surface area is 138 Å². The Balaban J connectivity index is 1.90. The molecule has 2 rings (SSSR count). The second kappa shape index (κ2) is 7.77. The van der Waals surface area contributed by atoms with E-state index in [9.17, 15) is 18.0 Å². The molecule has 0 aliphatic carbocycles. The third-order valence-electron chi connectivity index (χ3n) is 3.31. The van der Waals surface area contributed by atoms with Gasteiger partial charge in [-0.1, -0.05) is 42.0 Å². The van der Waals surface area contributed by atoms with Gasteiger partial charge in [0.1, 0.15) is 0 Å². The summed E-state index contributed by atoms with van der Waals surface area (Å²) in [7, 11) is 0. The first-order chi connectivity index (χ1) is 11.3. The minimum absolute atomic E-state index is 0.0624. The minimum atomic E-state index is -4.39. The van der Waals surface area contributed by atoms with Crippen molar-refractivity contribution in [3.63, 3.8) is 0 Å². The fraction of sp³-hybridized carbons (Fsp3) is 0.222. The number of carbonyl (C=O) groups is 1. The van der Waals surface area contributed by atoms with Gasteiger partial charge in [-0.2, -0.15) is 18.3 Å². The highest BCUT2D eigenvalue weighted by atomic mass is 19.4. The summed E-state index contributed by atoms with van der Waals surface area (Å²) in [6.45, 7) is 1.60. The second-order valence-electron chi connectivity index (χ2n) is 5.41. The van der Waals surface area contributed by atoms with Crippen molar-refractivity contribution in [1.29, 1.82) is 0 Å². The normalized spacial score (nSPS) is 11.7. The first-order valence-electron chi connectivity index (χ1n) is 7.39. The molecule has 0 heterocycles. The number of nitrogens with zero attached hydrogens (tertiary/aromatic N) is 1. The van der Waals surface area contributed by atoms with Gasteiger partial charge in [0.2, 0.25) is 5.91 Å². The van der Waals surface area contributed by atoms with Gasteiger partial charge < -0.3 is 0 Å². The zero-order chi connectivity index (χ0) is 17.6. The Bertz CT molecular complexity index is 725. The lowest BCUT2D eigenvalue weighted by Gasteiger charge is -2.10. The third-order valence-corrected chi connectivity index (χ3v) is 3.31. The summed E-state index contributed by atoms with van der Waals surface area (Å²) >= 11 is 0. The van der Waals surface area contributed by atoms with Crippen LogP contribution in [0.4, 0.5) is 13.2 Å². The maximum absolute atomic E-state index is 12.8. The molecule has 0 unspecified atom stereocenters. The van der Waals surface area contributed by atoms with E-state index in [1.165, 1.54) is 6.21 Å². The highest BCUT2D eigenvalue weighted by Gasteiger charge is 2.30. The number of halogens is 3. The van der Waals surface area contributed by atoms with Crippen LogP contribution in [0.5, 0.6) is 0 Å². The van der Waals surface area contributed by atoms with E-state index in [1.54, 1.807) is 13.0 Å². The summed E-state index contributed by atoms with van der Waals surface area (Å²) in [6.07, 6.45) is -2.60. The molecule has 24 heavy (non-hydrogen) atoms. The summed E-state index contributed by atoms with van der Waals surface area (Å²) in [6, 6.07) is 13.0. The molecule has 3 nitrogen and oxygen atoms in total. The van der Waals surface area contributed by atoms with Crippen molar-refractivity contribution in [3.8, 4) is 0 Å². The van der Waals surface area contributed by atoms with Crippen LogP contribution in [0.1, 0.15) is 28.7 Å². The standard InChI is InChI=1S/C18H17F3N2O/c1-13-9-15(11-16(10-13)18(19,20)21)7-8-17(24)23-22-12-14-5-3-2-4-6-14/h2-6,9-12H,7-8H2,1H3,(H,23,24)/b22-12+. The van der Waals surface area contributed by atoms with Crippen molar-refractivity contribution in [1.82, 2.24) is 5.43 Å². The fourth-order valence-electron chi connectivity index (χ4n) is 2.20. The Morgan fingerprint density at radius 3 is 2.54 bits per heavy atom. The van der Waals surface area contributed by atoms with Crippen LogP contribution in [0, 0.1) is 6.92 Å². The molecule has 0 spiro atoms. The summed E-state index contributed by atoms with van der Waals surface area (Å²) in [4.78, 5) is 11.7. The van der Waals surface area contributed by atoms with Crippen molar-refractivity contribution in [2.24, 2.45) is 5.10 Å². The van der Waals surface area contributed by atoms with Gasteiger partial charge in [-0.15, -0.1) is 0 Å². The Morgan fingerprint density at radius 2 is 1.88 bits per heavy atom. The number of hydrazone groups is 1. The number of benzene rings is 2. The van der Waals surface area contributed by atoms with Crippen LogP contribution in [0.2, 0.25) is 0 Å². The molecule has 0 radical (unpaired) electrons. The fourth-order valence-corrected chi connectivity index (χ4v) is 2.20. The van der Waals surface area contributed by atoms with E-state index in [0.717, 1.165) is 17.7 Å². The van der Waals surface area contributed by atoms with Crippen LogP contribution in [0.15, 0.2) is 53.6 Å². The summed E-state index contributed by atoms with van der Waals surface area (Å²) in [5.41, 5.74) is 3.51. The molecule has 0 aliphatic rings. The lowest BCUT2D eigenvalue weighted by Crippen LogP contribution is -2.18. The molecule has 0 saturated carbocycles. The molecule has 0 aromatic heterocycles. The van der Waals surface area contributed by atoms with Crippen LogP contribution in [0.25, 0.3) is 0 Å². The largest absolute Gasteiger partial charge is 0.416 e. The molecule has 126 valence electrons. The van der Waals surface area contributed by atoms with Gasteiger partial charge in [-0.3, -0.25) is 4.79 Å². The van der Waals surface area contributed by atoms with Crippen LogP contribution < -0.4 is 5.43 Å². The molecule has 0 aliphatic heterocycles. The summed E-state index contributed by atoms with van der Waals surface area (Å²) in [5, 5.41) is 3.82. The maximum atomic E-state index is 12.8. The van der Waals surface area contributed by atoms with E-state index in [4.69, 9.17) is 0 Å². The zero-order valence-corrected chi connectivity index (χ0v) is 13.1. The quantitative estimate of drug-likeness (QED) is 0.649. The number of hydrogen-bond donors (Lipinski definition) is 1. The average Bonchev–Trinajstić information content (AvgIpc) is 2.53. The lowest BCUT2D eigenvalue weighted by molar-refractivity contribution is -0.137. The summed E-state index contributed by atoms with van der Waals surface area (Å²) < 4.78 is 38.3. The Kier molecular flexibility index (Phi) is 5.73. The van der Waals surface area contributed by atoms with Crippen molar-refractivity contribution in [2.45, 2.75) is 25.9 Å². The minimum Gasteiger partial charge on any atom is -0.273 e. The first kappa shape index (κ1) is 17.7. The van der Waals surface area contributed by atoms with Gasteiger partial charge in [0.25, 0.3) is 0 Å². The van der Waals surface area contributed by atoms with E-state index in [-0.39, 0.29) is 18.7 Å². The number of amides is 1. The van der Waals surface area contributed by atoms with E-state index in [1.807, 2.05) is 30.3 Å². The van der Waals surface area contributed by atoms with E-state index < -0.39 is 11.7 Å². The van der Waals surface area contributed by atoms with Gasteiger partial charge in [0.05, 0.1) is 11.8 Å². The molecule has 1 N–H and O–H groups in total. The molecule has 6 heteroatoms. The summed E-state index contributed by atoms with van der Waals surface area (Å²) in [5.74, 6) is -0.350. The van der Waals surface area contributed by atoms with Crippen molar-refractivity contribution < 1.29 is 18.0 Å². The Hall–Kier alpha value is -2.63. The van der Waals surface area contributed by atoms with Crippen molar-refractivity contribution >= 4 is 12.1 Å². The van der Waals surface area contributed by atoms with Gasteiger partial charge in [-0.25, -0.2) is 5.43 Å². The maximum Gasteiger partial charge on any atom is 0.416 e. The Morgan fingerprint density at radius 1 is 1.17 bits per heavy atom. The molecule has 0 bridgehead atoms. The highest BCUT2D eigenvalue weighted by Crippen LogP contribution is 2.30. The van der Waals surface area contributed by atoms with Gasteiger partial charge >= 0.3 is 6.18 Å². The van der Waals surface area contributed by atoms with Gasteiger partial charge in [-0.05, 0) is 36.6 Å². The predicted octanol–water partition coefficient (Wildman–Crippen LogP) is 4.10. The van der Waals surface area contributed by atoms with E-state index in [2.05, 4.69) is 10.5 Å². The molecule has 2 aromatic rings. The predicted molar refractivity (Wildman–Crippen MR) is 86.7 cm³/mol. The van der Waals surface area contributed by atoms with Crippen LogP contribution in [-0.2, 0) is 17.4 Å². The zero-order valence-electron chi connectivity index (χ0n) is 13.1. The van der Waals surface area contributed by atoms with E-state index >= 15 is 0 Å². The molecular weight excluding hydrogens is 317 g/mol. The van der Waals surface area contributed by atoms with Gasteiger partial charge in [0, 0.05) is 6.42 Å². The lowest BCUT2D eigenvalue weighted by atomic mass is 10.0. The van der Waals surface area contributed by atoms with Crippen LogP contribution >= 0.6 is 0 Å². The number of alkyl halides is 3. The van der Waals surface area contributed by atoms with Crippen LogP contribution in [-0.4, -0.2) is 12.1 Å². The number of aryl methyl sites for hydroxylation is 2. The molecular formula is C18H17F3N2O. The van der Waals surface area contributed by atoms with Crippen molar-refractivity contribution in [2.75, 3.05) is 0 Å². The highest BCUT2D eigenvalue weighted by molar-refractivity contribution is 5.82. The molecule has 0 saturated heterocycles. The monoisotopic (exact) mass is 334 g/mol. The third kappa shape index (κ3) is 5.53. The SMILES string of the molecule is Cc1cc(CCC(=O)N/N=C/c2ccccc2)cc(C(F)(F)F)c1. The van der Waals surface area contributed by atoms with E-state index in [0.29, 0.717) is 11.1 Å². The van der Waals surface area contributed by atoms with Gasteiger partial charge in [0.15, 0.2) is 0 Å². The number of carbonyl (C=O) groups excluding carboxylic acids is 1. The molecule has 0 fully saturated rings. The second-order valence-corrected chi connectivity index (χ2v) is 5.41. The van der Waals surface area contributed by atoms with Crippen LogP contribution in [0.3, 0.4) is 0 Å². The van der Waals surface area contributed by atoms with Crippen molar-refractivity contribution in [3.05, 3.63) is 70.8 Å².